The van der Waals surface area contributed by atoms with Crippen LogP contribution in [0.3, 0.4) is 0 Å². The van der Waals surface area contributed by atoms with Crippen molar-refractivity contribution in [1.82, 2.24) is 10.2 Å². The smallest absolute Gasteiger partial charge is 0.239 e. The highest BCUT2D eigenvalue weighted by atomic mass is 35.5. The minimum atomic E-state index is -4.04. The van der Waals surface area contributed by atoms with Crippen molar-refractivity contribution in [2.45, 2.75) is 69.2 Å². The molecule has 3 aliphatic rings. The summed E-state index contributed by atoms with van der Waals surface area (Å²) < 4.78 is 41.7. The van der Waals surface area contributed by atoms with Gasteiger partial charge in [0.05, 0.1) is 48.2 Å². The molecule has 1 aliphatic carbocycles. The van der Waals surface area contributed by atoms with Crippen molar-refractivity contribution in [3.63, 3.8) is 0 Å². The van der Waals surface area contributed by atoms with Gasteiger partial charge >= 0.3 is 0 Å². The first-order valence-electron chi connectivity index (χ1n) is 16.5. The largest absolute Gasteiger partial charge is 0.497 e. The average molecular weight is 701 g/mol. The summed E-state index contributed by atoms with van der Waals surface area (Å²) in [6, 6.07) is 15.0. The zero-order valence-electron chi connectivity index (χ0n) is 27.0. The molecule has 252 valence electrons. The Morgan fingerprint density at radius 2 is 1.68 bits per heavy atom. The number of fused-ring (bicyclic) bond motifs is 3. The van der Waals surface area contributed by atoms with Crippen LogP contribution in [0.2, 0.25) is 10.0 Å². The van der Waals surface area contributed by atoms with Gasteiger partial charge in [0, 0.05) is 23.2 Å². The highest BCUT2D eigenvalue weighted by Crippen LogP contribution is 2.52. The third kappa shape index (κ3) is 7.53. The van der Waals surface area contributed by atoms with Crippen LogP contribution < -0.4 is 19.1 Å². The Kier molecular flexibility index (Phi) is 10.6. The fraction of sp³-hybridized carbons (Fsp3) is 0.472. The molecule has 1 amide bonds. The first-order valence-corrected chi connectivity index (χ1v) is 18.9. The lowest BCUT2D eigenvalue weighted by atomic mass is 9.83. The van der Waals surface area contributed by atoms with E-state index in [0.717, 1.165) is 31.2 Å². The van der Waals surface area contributed by atoms with Gasteiger partial charge in [0.25, 0.3) is 0 Å². The van der Waals surface area contributed by atoms with Crippen LogP contribution in [0.25, 0.3) is 11.1 Å². The second kappa shape index (κ2) is 14.6. The van der Waals surface area contributed by atoms with Crippen molar-refractivity contribution in [3.8, 4) is 22.6 Å². The minimum absolute atomic E-state index is 0.0624. The van der Waals surface area contributed by atoms with Gasteiger partial charge in [-0.15, -0.1) is 0 Å². The number of methoxy groups -OCH3 is 2. The van der Waals surface area contributed by atoms with E-state index < -0.39 is 16.1 Å². The highest BCUT2D eigenvalue weighted by Gasteiger charge is 2.41. The van der Waals surface area contributed by atoms with Crippen molar-refractivity contribution in [1.29, 1.82) is 0 Å². The number of sulfonamides is 1. The van der Waals surface area contributed by atoms with Gasteiger partial charge in [-0.1, -0.05) is 47.5 Å². The van der Waals surface area contributed by atoms with Crippen LogP contribution in [0.15, 0.2) is 54.6 Å². The van der Waals surface area contributed by atoms with Gasteiger partial charge < -0.3 is 19.7 Å². The topological polar surface area (TPSA) is 88.2 Å². The van der Waals surface area contributed by atoms with Crippen LogP contribution >= 0.6 is 23.2 Å². The number of benzene rings is 3. The Balaban J connectivity index is 1.28. The normalized spacial score (nSPS) is 21.2. The summed E-state index contributed by atoms with van der Waals surface area (Å²) in [6.07, 6.45) is 7.82. The molecule has 47 heavy (non-hydrogen) atoms. The molecule has 0 spiro atoms. The molecule has 1 atom stereocenters. The number of rotatable bonds is 11. The Bertz CT molecular complexity index is 1700. The van der Waals surface area contributed by atoms with E-state index >= 15 is 0 Å². The zero-order chi connectivity index (χ0) is 33.1. The molecular weight excluding hydrogens is 657 g/mol. The number of carbonyl (C=O) groups is 1. The Morgan fingerprint density at radius 1 is 0.936 bits per heavy atom. The summed E-state index contributed by atoms with van der Waals surface area (Å²) in [6.45, 7) is 3.61. The van der Waals surface area contributed by atoms with E-state index in [4.69, 9.17) is 32.7 Å². The standard InChI is InChI=1S/C36H43Cl2N3O5S/c1-45-27-20-29-33(22-35(42)39-26-12-9-24(10-13-26)15-18-40-16-5-6-17-40)41(47(43,44)23-25-11-14-30(37)31(38)19-25)32-8-4-3-7-28(32)36(29)34(21-27)46-2/h3-4,7-8,11,14,19-21,24,26,33H,5-6,9-10,12-13,15-18,22-23H2,1-2H3,(H,39,42). The molecule has 3 aromatic rings. The van der Waals surface area contributed by atoms with Crippen molar-refractivity contribution in [3.05, 3.63) is 75.8 Å². The van der Waals surface area contributed by atoms with E-state index in [9.17, 15) is 13.2 Å². The lowest BCUT2D eigenvalue weighted by molar-refractivity contribution is -0.122. The van der Waals surface area contributed by atoms with Gasteiger partial charge in [0.15, 0.2) is 0 Å². The number of likely N-dealkylation sites (tertiary alicyclic amines) is 1. The number of hydrogen-bond acceptors (Lipinski definition) is 6. The number of nitrogens with zero attached hydrogens (tertiary/aromatic N) is 2. The van der Waals surface area contributed by atoms with Crippen LogP contribution in [0.5, 0.6) is 11.5 Å². The third-order valence-corrected chi connectivity index (χ3v) is 12.4. The van der Waals surface area contributed by atoms with Crippen LogP contribution in [0, 0.1) is 5.92 Å². The maximum absolute atomic E-state index is 14.5. The number of hydrogen-bond donors (Lipinski definition) is 1. The molecule has 1 unspecified atom stereocenters. The van der Waals surface area contributed by atoms with Crippen molar-refractivity contribution >= 4 is 44.8 Å². The molecule has 2 fully saturated rings. The maximum atomic E-state index is 14.5. The Hall–Kier alpha value is -2.98. The SMILES string of the molecule is COc1cc(OC)c2c(c1)C(CC(=O)NC1CCC(CCN3CCCC3)CC1)N(S(=O)(=O)Cc1ccc(Cl)c(Cl)c1)c1ccccc1-2. The van der Waals surface area contributed by atoms with E-state index in [2.05, 4.69) is 10.2 Å². The molecule has 2 heterocycles. The molecule has 11 heteroatoms. The predicted octanol–water partition coefficient (Wildman–Crippen LogP) is 7.62. The molecule has 0 bridgehead atoms. The molecule has 8 nitrogen and oxygen atoms in total. The molecule has 3 aromatic carbocycles. The first kappa shape index (κ1) is 33.9. The van der Waals surface area contributed by atoms with E-state index in [-0.39, 0.29) is 29.1 Å². The van der Waals surface area contributed by atoms with Gasteiger partial charge in [-0.3, -0.25) is 9.10 Å². The van der Waals surface area contributed by atoms with Gasteiger partial charge in [0.1, 0.15) is 11.5 Å². The summed E-state index contributed by atoms with van der Waals surface area (Å²) in [5, 5.41) is 3.89. The van der Waals surface area contributed by atoms with Gasteiger partial charge in [-0.2, -0.15) is 0 Å². The van der Waals surface area contributed by atoms with Crippen molar-refractivity contribution < 1.29 is 22.7 Å². The highest BCUT2D eigenvalue weighted by molar-refractivity contribution is 7.92. The first-order chi connectivity index (χ1) is 22.7. The lowest BCUT2D eigenvalue weighted by Gasteiger charge is -2.40. The minimum Gasteiger partial charge on any atom is -0.497 e. The molecule has 6 rings (SSSR count). The van der Waals surface area contributed by atoms with E-state index in [1.54, 1.807) is 50.6 Å². The number of para-hydroxylation sites is 1. The van der Waals surface area contributed by atoms with E-state index in [0.29, 0.717) is 44.8 Å². The number of amides is 1. The Morgan fingerprint density at radius 3 is 2.38 bits per heavy atom. The number of carbonyl (C=O) groups excluding carboxylic acids is 1. The molecular formula is C36H43Cl2N3O5S. The lowest BCUT2D eigenvalue weighted by Crippen LogP contribution is -2.43. The molecule has 0 aromatic heterocycles. The molecule has 1 N–H and O–H groups in total. The number of ether oxygens (including phenoxy) is 2. The second-order valence-electron chi connectivity index (χ2n) is 13.0. The second-order valence-corrected chi connectivity index (χ2v) is 15.6. The molecule has 0 radical (unpaired) electrons. The van der Waals surface area contributed by atoms with Crippen LogP contribution in [0.1, 0.15) is 68.5 Å². The van der Waals surface area contributed by atoms with Crippen molar-refractivity contribution in [2.24, 2.45) is 5.92 Å². The van der Waals surface area contributed by atoms with Crippen LogP contribution in [-0.4, -0.2) is 59.1 Å². The van der Waals surface area contributed by atoms with Crippen LogP contribution in [0.4, 0.5) is 5.69 Å². The zero-order valence-corrected chi connectivity index (χ0v) is 29.3. The predicted molar refractivity (Wildman–Crippen MR) is 188 cm³/mol. The summed E-state index contributed by atoms with van der Waals surface area (Å²) in [5.74, 6) is 1.24. The summed E-state index contributed by atoms with van der Waals surface area (Å²) >= 11 is 12.4. The van der Waals surface area contributed by atoms with Crippen LogP contribution in [-0.2, 0) is 20.6 Å². The monoisotopic (exact) mass is 699 g/mol. The van der Waals surface area contributed by atoms with Gasteiger partial charge in [0.2, 0.25) is 15.9 Å². The Labute approximate surface area is 288 Å². The van der Waals surface area contributed by atoms with Crippen molar-refractivity contribution in [2.75, 3.05) is 38.2 Å². The third-order valence-electron chi connectivity index (χ3n) is 9.89. The number of nitrogens with one attached hydrogen (secondary N) is 1. The quantitative estimate of drug-likeness (QED) is 0.222. The summed E-state index contributed by atoms with van der Waals surface area (Å²) in [4.78, 5) is 16.4. The van der Waals surface area contributed by atoms with E-state index in [1.807, 2.05) is 18.2 Å². The summed E-state index contributed by atoms with van der Waals surface area (Å²) in [7, 11) is -0.911. The number of anilines is 1. The average Bonchev–Trinajstić information content (AvgIpc) is 3.59. The van der Waals surface area contributed by atoms with E-state index in [1.165, 1.54) is 43.2 Å². The van der Waals surface area contributed by atoms with Gasteiger partial charge in [-0.25, -0.2) is 8.42 Å². The molecule has 1 saturated carbocycles. The van der Waals surface area contributed by atoms with Gasteiger partial charge in [-0.05, 0) is 106 Å². The number of halogens is 2. The molecule has 2 aliphatic heterocycles. The molecule has 1 saturated heterocycles. The fourth-order valence-corrected chi connectivity index (χ4v) is 9.58. The summed E-state index contributed by atoms with van der Waals surface area (Å²) in [5.41, 5.74) is 3.08. The fourth-order valence-electron chi connectivity index (χ4n) is 7.49. The maximum Gasteiger partial charge on any atom is 0.239 e.